The molecule has 2 heterocycles. The second-order valence-electron chi connectivity index (χ2n) is 5.55. The second-order valence-corrected chi connectivity index (χ2v) is 5.99. The van der Waals surface area contributed by atoms with Crippen molar-refractivity contribution in [2.75, 3.05) is 16.3 Å². The van der Waals surface area contributed by atoms with Gasteiger partial charge >= 0.3 is 0 Å². The van der Waals surface area contributed by atoms with Gasteiger partial charge in [-0.25, -0.2) is 0 Å². The summed E-state index contributed by atoms with van der Waals surface area (Å²) >= 11 is 6.17. The summed E-state index contributed by atoms with van der Waals surface area (Å²) in [5.41, 5.74) is 4.04. The topological polar surface area (TPSA) is 6.48 Å². The molecule has 4 rings (SSSR count). The van der Waals surface area contributed by atoms with Crippen LogP contribution in [-0.4, -0.2) is 12.7 Å². The van der Waals surface area contributed by atoms with Crippen molar-refractivity contribution in [2.45, 2.75) is 25.6 Å². The first-order valence-corrected chi connectivity index (χ1v) is 7.57. The quantitative estimate of drug-likeness (QED) is 0.771. The summed E-state index contributed by atoms with van der Waals surface area (Å²) in [5, 5.41) is 0.811. The lowest BCUT2D eigenvalue weighted by atomic mass is 10.1. The van der Waals surface area contributed by atoms with Gasteiger partial charge in [0.05, 0.1) is 0 Å². The van der Waals surface area contributed by atoms with Crippen molar-refractivity contribution in [3.8, 4) is 0 Å². The Balaban J connectivity index is 1.79. The first-order chi connectivity index (χ1) is 9.83. The van der Waals surface area contributed by atoms with E-state index in [1.54, 1.807) is 0 Å². The van der Waals surface area contributed by atoms with Crippen LogP contribution in [0.4, 0.5) is 11.4 Å². The van der Waals surface area contributed by atoms with Gasteiger partial charge in [-0.3, -0.25) is 0 Å². The van der Waals surface area contributed by atoms with Crippen LogP contribution < -0.4 is 9.80 Å². The molecule has 0 N–H and O–H groups in total. The molecule has 0 bridgehead atoms. The molecule has 2 nitrogen and oxygen atoms in total. The van der Waals surface area contributed by atoms with Crippen molar-refractivity contribution in [3.63, 3.8) is 0 Å². The Morgan fingerprint density at radius 2 is 1.90 bits per heavy atom. The highest BCUT2D eigenvalue weighted by molar-refractivity contribution is 6.30. The normalized spacial score (nSPS) is 20.8. The third-order valence-corrected chi connectivity index (χ3v) is 4.60. The van der Waals surface area contributed by atoms with E-state index in [1.807, 2.05) is 12.1 Å². The smallest absolute Gasteiger partial charge is 0.102 e. The Hall–Kier alpha value is -1.67. The first kappa shape index (κ1) is 12.1. The molecule has 1 saturated heterocycles. The predicted molar refractivity (Wildman–Crippen MR) is 84.4 cm³/mol. The molecule has 20 heavy (non-hydrogen) atoms. The van der Waals surface area contributed by atoms with Crippen LogP contribution in [0.15, 0.2) is 48.5 Å². The standard InChI is InChI=1S/C17H17ClN2/c18-14-6-3-7-15(11-14)20-12-13-5-1-2-8-16(13)19-10-4-9-17(19)20/h1-3,5-8,11,17H,4,9-10,12H2. The highest BCUT2D eigenvalue weighted by atomic mass is 35.5. The van der Waals surface area contributed by atoms with E-state index in [4.69, 9.17) is 11.6 Å². The monoisotopic (exact) mass is 284 g/mol. The average Bonchev–Trinajstić information content (AvgIpc) is 2.96. The molecular formula is C17H17ClN2. The van der Waals surface area contributed by atoms with Gasteiger partial charge in [0.25, 0.3) is 0 Å². The van der Waals surface area contributed by atoms with Crippen molar-refractivity contribution < 1.29 is 0 Å². The number of benzene rings is 2. The Labute approximate surface area is 124 Å². The fourth-order valence-electron chi connectivity index (χ4n) is 3.49. The van der Waals surface area contributed by atoms with Gasteiger partial charge < -0.3 is 9.80 Å². The third-order valence-electron chi connectivity index (χ3n) is 4.36. The van der Waals surface area contributed by atoms with Crippen LogP contribution in [0.2, 0.25) is 5.02 Å². The van der Waals surface area contributed by atoms with E-state index < -0.39 is 0 Å². The molecule has 2 aromatic carbocycles. The summed E-state index contributed by atoms with van der Waals surface area (Å²) < 4.78 is 0. The molecule has 0 spiro atoms. The molecule has 0 aromatic heterocycles. The first-order valence-electron chi connectivity index (χ1n) is 7.20. The summed E-state index contributed by atoms with van der Waals surface area (Å²) in [7, 11) is 0. The van der Waals surface area contributed by atoms with E-state index in [1.165, 1.54) is 29.8 Å². The van der Waals surface area contributed by atoms with Gasteiger partial charge in [0.1, 0.15) is 6.17 Å². The summed E-state index contributed by atoms with van der Waals surface area (Å²) in [6.45, 7) is 2.12. The number of fused-ring (bicyclic) bond motifs is 3. The Morgan fingerprint density at radius 1 is 1.00 bits per heavy atom. The minimum absolute atomic E-state index is 0.475. The molecule has 1 fully saturated rings. The summed E-state index contributed by atoms with van der Waals surface area (Å²) in [6.07, 6.45) is 2.96. The van der Waals surface area contributed by atoms with Crippen LogP contribution >= 0.6 is 11.6 Å². The molecular weight excluding hydrogens is 268 g/mol. The summed E-state index contributed by atoms with van der Waals surface area (Å²) in [4.78, 5) is 5.03. The van der Waals surface area contributed by atoms with Gasteiger partial charge in [0, 0.05) is 29.5 Å². The van der Waals surface area contributed by atoms with Gasteiger partial charge in [-0.2, -0.15) is 0 Å². The largest absolute Gasteiger partial charge is 0.351 e. The highest BCUT2D eigenvalue weighted by Gasteiger charge is 2.35. The fraction of sp³-hybridized carbons (Fsp3) is 0.294. The van der Waals surface area contributed by atoms with Crippen LogP contribution in [0, 0.1) is 0 Å². The molecule has 2 aliphatic rings. The molecule has 3 heteroatoms. The highest BCUT2D eigenvalue weighted by Crippen LogP contribution is 2.39. The molecule has 0 radical (unpaired) electrons. The molecule has 0 saturated carbocycles. The Kier molecular flexibility index (Phi) is 2.85. The lowest BCUT2D eigenvalue weighted by Crippen LogP contribution is -2.48. The lowest BCUT2D eigenvalue weighted by Gasteiger charge is -2.43. The van der Waals surface area contributed by atoms with Gasteiger partial charge in [0.15, 0.2) is 0 Å². The number of hydrogen-bond donors (Lipinski definition) is 0. The van der Waals surface area contributed by atoms with Gasteiger partial charge in [-0.05, 0) is 42.7 Å². The van der Waals surface area contributed by atoms with E-state index in [0.717, 1.165) is 18.1 Å². The van der Waals surface area contributed by atoms with Gasteiger partial charge in [0.2, 0.25) is 0 Å². The average molecular weight is 285 g/mol. The molecule has 1 unspecified atom stereocenters. The van der Waals surface area contributed by atoms with E-state index in [2.05, 4.69) is 46.2 Å². The van der Waals surface area contributed by atoms with Crippen LogP contribution in [0.3, 0.4) is 0 Å². The third kappa shape index (κ3) is 1.87. The molecule has 2 aliphatic heterocycles. The Bertz CT molecular complexity index is 640. The van der Waals surface area contributed by atoms with E-state index in [9.17, 15) is 0 Å². The number of hydrogen-bond acceptors (Lipinski definition) is 2. The summed E-state index contributed by atoms with van der Waals surface area (Å²) in [6, 6.07) is 17.0. The number of nitrogens with zero attached hydrogens (tertiary/aromatic N) is 2. The fourth-order valence-corrected chi connectivity index (χ4v) is 3.67. The van der Waals surface area contributed by atoms with Crippen LogP contribution in [0.5, 0.6) is 0 Å². The Morgan fingerprint density at radius 3 is 2.80 bits per heavy atom. The van der Waals surface area contributed by atoms with E-state index >= 15 is 0 Å². The molecule has 102 valence electrons. The van der Waals surface area contributed by atoms with Crippen molar-refractivity contribution in [2.24, 2.45) is 0 Å². The van der Waals surface area contributed by atoms with Crippen LogP contribution in [0.1, 0.15) is 18.4 Å². The van der Waals surface area contributed by atoms with Crippen LogP contribution in [-0.2, 0) is 6.54 Å². The van der Waals surface area contributed by atoms with E-state index in [-0.39, 0.29) is 0 Å². The summed E-state index contributed by atoms with van der Waals surface area (Å²) in [5.74, 6) is 0. The maximum Gasteiger partial charge on any atom is 0.102 e. The van der Waals surface area contributed by atoms with Crippen LogP contribution in [0.25, 0.3) is 0 Å². The number of rotatable bonds is 1. The molecule has 0 aliphatic carbocycles. The zero-order valence-electron chi connectivity index (χ0n) is 11.3. The predicted octanol–water partition coefficient (Wildman–Crippen LogP) is 4.29. The van der Waals surface area contributed by atoms with Crippen molar-refractivity contribution >= 4 is 23.0 Å². The molecule has 1 atom stereocenters. The number of anilines is 2. The SMILES string of the molecule is Clc1cccc(N2Cc3ccccc3N3CCCC23)c1. The maximum atomic E-state index is 6.17. The minimum atomic E-state index is 0.475. The zero-order chi connectivity index (χ0) is 13.5. The zero-order valence-corrected chi connectivity index (χ0v) is 12.1. The van der Waals surface area contributed by atoms with Crippen molar-refractivity contribution in [3.05, 3.63) is 59.1 Å². The maximum absolute atomic E-state index is 6.17. The van der Waals surface area contributed by atoms with Crippen molar-refractivity contribution in [1.29, 1.82) is 0 Å². The van der Waals surface area contributed by atoms with Crippen molar-refractivity contribution in [1.82, 2.24) is 0 Å². The number of halogens is 1. The van der Waals surface area contributed by atoms with E-state index in [0.29, 0.717) is 6.17 Å². The second kappa shape index (κ2) is 4.71. The van der Waals surface area contributed by atoms with Gasteiger partial charge in [-0.15, -0.1) is 0 Å². The molecule has 0 amide bonds. The minimum Gasteiger partial charge on any atom is -0.351 e. The molecule has 2 aromatic rings. The van der Waals surface area contributed by atoms with Gasteiger partial charge in [-0.1, -0.05) is 35.9 Å². The number of para-hydroxylation sites is 1. The lowest BCUT2D eigenvalue weighted by molar-refractivity contribution is 0.581.